The molecule has 8 nitrogen and oxygen atoms in total. The summed E-state index contributed by atoms with van der Waals surface area (Å²) in [4.78, 5) is 50.2. The van der Waals surface area contributed by atoms with Gasteiger partial charge in [-0.15, -0.1) is 0 Å². The first-order valence-electron chi connectivity index (χ1n) is 9.69. The van der Waals surface area contributed by atoms with Gasteiger partial charge in [0.05, 0.1) is 0 Å². The average molecular weight is 386 g/mol. The average Bonchev–Trinajstić information content (AvgIpc) is 3.34. The maximum atomic E-state index is 13.1. The molecule has 2 fully saturated rings. The van der Waals surface area contributed by atoms with Crippen LogP contribution in [-0.2, 0) is 25.6 Å². The van der Waals surface area contributed by atoms with E-state index < -0.39 is 24.0 Å². The van der Waals surface area contributed by atoms with Gasteiger partial charge in [0.2, 0.25) is 23.6 Å². The molecule has 0 spiro atoms. The molecule has 2 aliphatic heterocycles. The molecule has 28 heavy (non-hydrogen) atoms. The molecule has 2 aliphatic rings. The van der Waals surface area contributed by atoms with E-state index in [-0.39, 0.29) is 17.7 Å². The second-order valence-corrected chi connectivity index (χ2v) is 7.34. The highest BCUT2D eigenvalue weighted by Gasteiger charge is 2.37. The van der Waals surface area contributed by atoms with Gasteiger partial charge in [-0.1, -0.05) is 30.3 Å². The topological polar surface area (TPSA) is 122 Å². The maximum Gasteiger partial charge on any atom is 0.245 e. The van der Waals surface area contributed by atoms with Crippen molar-refractivity contribution in [3.63, 3.8) is 0 Å². The third-order valence-electron chi connectivity index (χ3n) is 5.36. The molecule has 3 rings (SSSR count). The Morgan fingerprint density at radius 1 is 1.21 bits per heavy atom. The Bertz CT molecular complexity index is 752. The van der Waals surface area contributed by atoms with E-state index >= 15 is 0 Å². The van der Waals surface area contributed by atoms with Crippen molar-refractivity contribution in [2.75, 3.05) is 6.54 Å². The van der Waals surface area contributed by atoms with Crippen LogP contribution < -0.4 is 16.4 Å². The molecule has 8 heteroatoms. The molecule has 0 aliphatic carbocycles. The monoisotopic (exact) mass is 386 g/mol. The summed E-state index contributed by atoms with van der Waals surface area (Å²) in [6.45, 7) is 0.449. The van der Waals surface area contributed by atoms with E-state index in [2.05, 4.69) is 10.6 Å². The molecule has 1 aromatic carbocycles. The van der Waals surface area contributed by atoms with Crippen LogP contribution in [0.1, 0.15) is 37.7 Å². The Labute approximate surface area is 163 Å². The SMILES string of the molecule is NC(=O)[C@@H]1CCCN1C(=O)[C@H](CCc1ccccc1)NC(=O)[C@@H]1CCC(=O)N1. The lowest BCUT2D eigenvalue weighted by Crippen LogP contribution is -2.55. The molecule has 4 N–H and O–H groups in total. The number of aryl methyl sites for hydroxylation is 1. The van der Waals surface area contributed by atoms with E-state index in [0.29, 0.717) is 45.1 Å². The molecule has 2 heterocycles. The van der Waals surface area contributed by atoms with Crippen LogP contribution in [0.2, 0.25) is 0 Å². The number of amides is 4. The minimum absolute atomic E-state index is 0.166. The van der Waals surface area contributed by atoms with Crippen LogP contribution in [0, 0.1) is 0 Å². The number of likely N-dealkylation sites (tertiary alicyclic amines) is 1. The van der Waals surface area contributed by atoms with Crippen molar-refractivity contribution in [3.8, 4) is 0 Å². The summed E-state index contributed by atoms with van der Waals surface area (Å²) in [7, 11) is 0. The predicted molar refractivity (Wildman–Crippen MR) is 102 cm³/mol. The van der Waals surface area contributed by atoms with E-state index in [0.717, 1.165) is 5.56 Å². The minimum atomic E-state index is -0.773. The van der Waals surface area contributed by atoms with E-state index in [1.165, 1.54) is 4.90 Å². The van der Waals surface area contributed by atoms with Gasteiger partial charge in [-0.2, -0.15) is 0 Å². The lowest BCUT2D eigenvalue weighted by Gasteiger charge is -2.28. The fourth-order valence-corrected chi connectivity index (χ4v) is 3.82. The molecule has 2 saturated heterocycles. The summed E-state index contributed by atoms with van der Waals surface area (Å²) in [5.74, 6) is -1.36. The number of primary amides is 1. The maximum absolute atomic E-state index is 13.1. The summed E-state index contributed by atoms with van der Waals surface area (Å²) < 4.78 is 0. The number of nitrogens with one attached hydrogen (secondary N) is 2. The van der Waals surface area contributed by atoms with E-state index in [9.17, 15) is 19.2 Å². The van der Waals surface area contributed by atoms with Crippen LogP contribution in [-0.4, -0.2) is 53.2 Å². The van der Waals surface area contributed by atoms with Crippen LogP contribution in [0.4, 0.5) is 0 Å². The standard InChI is InChI=1S/C20H26N4O4/c21-18(26)16-7-4-12-24(16)20(28)15(9-8-13-5-2-1-3-6-13)23-19(27)14-10-11-17(25)22-14/h1-3,5-6,14-16H,4,7-12H2,(H2,21,26)(H,22,25)(H,23,27)/t14-,15-,16-/m0/s1. The van der Waals surface area contributed by atoms with E-state index in [1.807, 2.05) is 30.3 Å². The van der Waals surface area contributed by atoms with Crippen molar-refractivity contribution in [2.45, 2.75) is 56.7 Å². The summed E-state index contributed by atoms with van der Waals surface area (Å²) in [6, 6.07) is 7.65. The Hall–Kier alpha value is -2.90. The molecular formula is C20H26N4O4. The van der Waals surface area contributed by atoms with Crippen molar-refractivity contribution in [3.05, 3.63) is 35.9 Å². The highest BCUT2D eigenvalue weighted by molar-refractivity contribution is 5.95. The molecule has 0 unspecified atom stereocenters. The first-order chi connectivity index (χ1) is 13.5. The summed E-state index contributed by atoms with van der Waals surface area (Å²) >= 11 is 0. The number of benzene rings is 1. The number of nitrogens with two attached hydrogens (primary N) is 1. The van der Waals surface area contributed by atoms with Crippen molar-refractivity contribution < 1.29 is 19.2 Å². The number of carbonyl (C=O) groups is 4. The quantitative estimate of drug-likeness (QED) is 0.604. The van der Waals surface area contributed by atoms with Gasteiger partial charge in [0.1, 0.15) is 18.1 Å². The molecule has 0 saturated carbocycles. The van der Waals surface area contributed by atoms with Crippen molar-refractivity contribution in [1.82, 2.24) is 15.5 Å². The van der Waals surface area contributed by atoms with Crippen molar-refractivity contribution >= 4 is 23.6 Å². The van der Waals surface area contributed by atoms with Gasteiger partial charge in [0, 0.05) is 13.0 Å². The number of nitrogens with zero attached hydrogens (tertiary/aromatic N) is 1. The molecule has 150 valence electrons. The molecular weight excluding hydrogens is 360 g/mol. The molecule has 0 aromatic heterocycles. The summed E-state index contributed by atoms with van der Waals surface area (Å²) in [5.41, 5.74) is 6.49. The van der Waals surface area contributed by atoms with Gasteiger partial charge in [0.15, 0.2) is 0 Å². The Morgan fingerprint density at radius 3 is 2.61 bits per heavy atom. The van der Waals surface area contributed by atoms with Gasteiger partial charge in [-0.25, -0.2) is 0 Å². The lowest BCUT2D eigenvalue weighted by molar-refractivity contribution is -0.141. The first kappa shape index (κ1) is 19.9. The third kappa shape index (κ3) is 4.68. The fraction of sp³-hybridized carbons (Fsp3) is 0.500. The van der Waals surface area contributed by atoms with Crippen LogP contribution in [0.3, 0.4) is 0 Å². The van der Waals surface area contributed by atoms with Gasteiger partial charge < -0.3 is 21.3 Å². The number of hydrogen-bond donors (Lipinski definition) is 3. The lowest BCUT2D eigenvalue weighted by atomic mass is 10.0. The van der Waals surface area contributed by atoms with Crippen LogP contribution in [0.5, 0.6) is 0 Å². The van der Waals surface area contributed by atoms with Crippen molar-refractivity contribution in [2.24, 2.45) is 5.73 Å². The summed E-state index contributed by atoms with van der Waals surface area (Å²) in [6.07, 6.45) is 2.96. The zero-order chi connectivity index (χ0) is 20.1. The Kier molecular flexibility index (Phi) is 6.28. The first-order valence-corrected chi connectivity index (χ1v) is 9.69. The van der Waals surface area contributed by atoms with Gasteiger partial charge >= 0.3 is 0 Å². The zero-order valence-electron chi connectivity index (χ0n) is 15.7. The highest BCUT2D eigenvalue weighted by atomic mass is 16.2. The molecule has 4 amide bonds. The van der Waals surface area contributed by atoms with Crippen LogP contribution in [0.15, 0.2) is 30.3 Å². The minimum Gasteiger partial charge on any atom is -0.368 e. The number of rotatable bonds is 7. The fourth-order valence-electron chi connectivity index (χ4n) is 3.82. The Balaban J connectivity index is 1.71. The van der Waals surface area contributed by atoms with Gasteiger partial charge in [-0.05, 0) is 37.7 Å². The van der Waals surface area contributed by atoms with E-state index in [4.69, 9.17) is 5.73 Å². The van der Waals surface area contributed by atoms with Gasteiger partial charge in [-0.3, -0.25) is 19.2 Å². The van der Waals surface area contributed by atoms with Crippen LogP contribution >= 0.6 is 0 Å². The normalized spacial score (nSPS) is 22.6. The molecule has 0 bridgehead atoms. The molecule has 1 aromatic rings. The van der Waals surface area contributed by atoms with E-state index in [1.54, 1.807) is 0 Å². The second-order valence-electron chi connectivity index (χ2n) is 7.34. The Morgan fingerprint density at radius 2 is 1.96 bits per heavy atom. The number of carbonyl (C=O) groups excluding carboxylic acids is 4. The molecule has 3 atom stereocenters. The highest BCUT2D eigenvalue weighted by Crippen LogP contribution is 2.20. The summed E-state index contributed by atoms with van der Waals surface area (Å²) in [5, 5.41) is 5.41. The second kappa shape index (κ2) is 8.86. The third-order valence-corrected chi connectivity index (χ3v) is 5.36. The molecule has 0 radical (unpaired) electrons. The smallest absolute Gasteiger partial charge is 0.245 e. The van der Waals surface area contributed by atoms with Crippen molar-refractivity contribution in [1.29, 1.82) is 0 Å². The van der Waals surface area contributed by atoms with Gasteiger partial charge in [0.25, 0.3) is 0 Å². The zero-order valence-corrected chi connectivity index (χ0v) is 15.7. The van der Waals surface area contributed by atoms with Crippen LogP contribution in [0.25, 0.3) is 0 Å². The predicted octanol–water partition coefficient (Wildman–Crippen LogP) is -0.141. The number of hydrogen-bond acceptors (Lipinski definition) is 4. The largest absolute Gasteiger partial charge is 0.368 e.